The lowest BCUT2D eigenvalue weighted by Gasteiger charge is -2.08. The number of carbonyl (C=O) groups excluding carboxylic acids is 2. The third-order valence-electron chi connectivity index (χ3n) is 3.24. The summed E-state index contributed by atoms with van der Waals surface area (Å²) in [6.45, 7) is 0.287. The Labute approximate surface area is 143 Å². The summed E-state index contributed by atoms with van der Waals surface area (Å²) in [6.07, 6.45) is 0.559. The van der Waals surface area contributed by atoms with Crippen LogP contribution in [0.1, 0.15) is 5.56 Å². The van der Waals surface area contributed by atoms with Gasteiger partial charge in [0.05, 0.1) is 17.8 Å². The molecule has 2 rings (SSSR count). The van der Waals surface area contributed by atoms with Crippen LogP contribution in [-0.2, 0) is 16.0 Å². The van der Waals surface area contributed by atoms with E-state index in [2.05, 4.69) is 10.6 Å². The van der Waals surface area contributed by atoms with Crippen LogP contribution in [0.2, 0.25) is 5.02 Å². The maximum atomic E-state index is 13.1. The van der Waals surface area contributed by atoms with Crippen molar-refractivity contribution in [2.24, 2.45) is 0 Å². The highest BCUT2D eigenvalue weighted by Gasteiger charge is 2.15. The molecule has 2 amide bonds. The molecule has 0 atom stereocenters. The normalized spacial score (nSPS) is 10.1. The van der Waals surface area contributed by atoms with Gasteiger partial charge in [-0.1, -0.05) is 23.7 Å². The van der Waals surface area contributed by atoms with Crippen molar-refractivity contribution in [3.8, 4) is 5.75 Å². The Hall–Kier alpha value is -2.60. The van der Waals surface area contributed by atoms with Crippen LogP contribution >= 0.6 is 11.6 Å². The van der Waals surface area contributed by atoms with E-state index >= 15 is 0 Å². The van der Waals surface area contributed by atoms with Crippen LogP contribution in [0.3, 0.4) is 0 Å². The molecule has 2 aromatic carbocycles. The fraction of sp³-hybridized carbons (Fsp3) is 0.176. The molecule has 0 spiro atoms. The molecular weight excluding hydrogens is 335 g/mol. The zero-order valence-corrected chi connectivity index (χ0v) is 13.7. The predicted molar refractivity (Wildman–Crippen MR) is 89.7 cm³/mol. The topological polar surface area (TPSA) is 67.4 Å². The lowest BCUT2D eigenvalue weighted by atomic mass is 10.1. The molecule has 0 aliphatic rings. The highest BCUT2D eigenvalue weighted by atomic mass is 35.5. The SMILES string of the molecule is COc1ccc(CCNC(=O)C(=O)Nc2cc(F)ccc2Cl)cc1. The molecule has 2 N–H and O–H groups in total. The highest BCUT2D eigenvalue weighted by Crippen LogP contribution is 2.22. The maximum absolute atomic E-state index is 13.1. The number of methoxy groups -OCH3 is 1. The second kappa shape index (κ2) is 8.31. The van der Waals surface area contributed by atoms with E-state index in [1.165, 1.54) is 6.07 Å². The van der Waals surface area contributed by atoms with Gasteiger partial charge in [-0.25, -0.2) is 4.39 Å². The monoisotopic (exact) mass is 350 g/mol. The number of hydrogen-bond acceptors (Lipinski definition) is 3. The van der Waals surface area contributed by atoms with Gasteiger partial charge in [0.1, 0.15) is 11.6 Å². The van der Waals surface area contributed by atoms with Crippen molar-refractivity contribution < 1.29 is 18.7 Å². The van der Waals surface area contributed by atoms with Gasteiger partial charge < -0.3 is 15.4 Å². The van der Waals surface area contributed by atoms with Crippen LogP contribution in [0, 0.1) is 5.82 Å². The molecule has 0 aromatic heterocycles. The number of amides is 2. The number of halogens is 2. The Morgan fingerprint density at radius 1 is 1.12 bits per heavy atom. The number of rotatable bonds is 5. The Morgan fingerprint density at radius 3 is 2.50 bits per heavy atom. The first-order valence-corrected chi connectivity index (χ1v) is 7.54. The van der Waals surface area contributed by atoms with Crippen molar-refractivity contribution >= 4 is 29.1 Å². The summed E-state index contributed by atoms with van der Waals surface area (Å²) in [4.78, 5) is 23.5. The molecule has 0 fully saturated rings. The minimum atomic E-state index is -0.905. The number of nitrogens with one attached hydrogen (secondary N) is 2. The van der Waals surface area contributed by atoms with Gasteiger partial charge in [-0.15, -0.1) is 0 Å². The van der Waals surface area contributed by atoms with Crippen molar-refractivity contribution in [3.63, 3.8) is 0 Å². The van der Waals surface area contributed by atoms with Crippen molar-refractivity contribution in [1.29, 1.82) is 0 Å². The number of carbonyl (C=O) groups is 2. The Kier molecular flexibility index (Phi) is 6.14. The van der Waals surface area contributed by atoms with Gasteiger partial charge in [0, 0.05) is 6.54 Å². The van der Waals surface area contributed by atoms with Gasteiger partial charge in [0.25, 0.3) is 0 Å². The van der Waals surface area contributed by atoms with Crippen LogP contribution < -0.4 is 15.4 Å². The van der Waals surface area contributed by atoms with E-state index in [0.717, 1.165) is 23.4 Å². The largest absolute Gasteiger partial charge is 0.497 e. The molecule has 126 valence electrons. The molecule has 0 heterocycles. The average Bonchev–Trinajstić information content (AvgIpc) is 2.58. The van der Waals surface area contributed by atoms with Crippen LogP contribution in [-0.4, -0.2) is 25.5 Å². The molecular formula is C17H16ClFN2O3. The number of benzene rings is 2. The zero-order valence-electron chi connectivity index (χ0n) is 12.9. The summed E-state index contributed by atoms with van der Waals surface area (Å²) in [5.41, 5.74) is 1.04. The molecule has 0 saturated carbocycles. The number of ether oxygens (including phenoxy) is 1. The lowest BCUT2D eigenvalue weighted by molar-refractivity contribution is -0.136. The average molecular weight is 351 g/mol. The van der Waals surface area contributed by atoms with Crippen molar-refractivity contribution in [3.05, 3.63) is 58.9 Å². The van der Waals surface area contributed by atoms with E-state index < -0.39 is 17.6 Å². The quantitative estimate of drug-likeness (QED) is 0.815. The van der Waals surface area contributed by atoms with Crippen LogP contribution in [0.4, 0.5) is 10.1 Å². The third kappa shape index (κ3) is 4.96. The van der Waals surface area contributed by atoms with Gasteiger partial charge in [0.15, 0.2) is 0 Å². The van der Waals surface area contributed by atoms with E-state index in [1.54, 1.807) is 7.11 Å². The van der Waals surface area contributed by atoms with Gasteiger partial charge in [-0.3, -0.25) is 9.59 Å². The molecule has 0 bridgehead atoms. The van der Waals surface area contributed by atoms with E-state index in [1.807, 2.05) is 24.3 Å². The molecule has 7 heteroatoms. The smallest absolute Gasteiger partial charge is 0.313 e. The third-order valence-corrected chi connectivity index (χ3v) is 3.57. The Morgan fingerprint density at radius 2 is 1.83 bits per heavy atom. The Bertz CT molecular complexity index is 735. The van der Waals surface area contributed by atoms with Crippen LogP contribution in [0.25, 0.3) is 0 Å². The fourth-order valence-electron chi connectivity index (χ4n) is 1.97. The van der Waals surface area contributed by atoms with E-state index in [-0.39, 0.29) is 17.3 Å². The Balaban J connectivity index is 1.83. The van der Waals surface area contributed by atoms with E-state index in [0.29, 0.717) is 6.42 Å². The molecule has 2 aromatic rings. The second-order valence-electron chi connectivity index (χ2n) is 4.93. The van der Waals surface area contributed by atoms with Gasteiger partial charge >= 0.3 is 11.8 Å². The summed E-state index contributed by atoms with van der Waals surface area (Å²) in [5, 5.41) is 4.92. The molecule has 0 aliphatic carbocycles. The second-order valence-corrected chi connectivity index (χ2v) is 5.34. The molecule has 0 saturated heterocycles. The highest BCUT2D eigenvalue weighted by molar-refractivity contribution is 6.41. The van der Waals surface area contributed by atoms with E-state index in [9.17, 15) is 14.0 Å². The predicted octanol–water partition coefficient (Wildman–Crippen LogP) is 2.79. The van der Waals surface area contributed by atoms with Gasteiger partial charge in [-0.2, -0.15) is 0 Å². The van der Waals surface area contributed by atoms with E-state index in [4.69, 9.17) is 16.3 Å². The first-order chi connectivity index (χ1) is 11.5. The summed E-state index contributed by atoms with van der Waals surface area (Å²) < 4.78 is 18.2. The molecule has 0 aliphatic heterocycles. The van der Waals surface area contributed by atoms with Crippen molar-refractivity contribution in [2.45, 2.75) is 6.42 Å². The molecule has 0 radical (unpaired) electrons. The number of hydrogen-bond donors (Lipinski definition) is 2. The molecule has 0 unspecified atom stereocenters. The molecule has 24 heavy (non-hydrogen) atoms. The standard InChI is InChI=1S/C17H16ClFN2O3/c1-24-13-5-2-11(3-6-13)8-9-20-16(22)17(23)21-15-10-12(19)4-7-14(15)18/h2-7,10H,8-9H2,1H3,(H,20,22)(H,21,23). The summed E-state index contributed by atoms with van der Waals surface area (Å²) in [7, 11) is 1.58. The number of anilines is 1. The van der Waals surface area contributed by atoms with Crippen LogP contribution in [0.5, 0.6) is 5.75 Å². The molecule has 5 nitrogen and oxygen atoms in total. The summed E-state index contributed by atoms with van der Waals surface area (Å²) >= 11 is 5.83. The van der Waals surface area contributed by atoms with Crippen LogP contribution in [0.15, 0.2) is 42.5 Å². The van der Waals surface area contributed by atoms with Gasteiger partial charge in [0.2, 0.25) is 0 Å². The summed E-state index contributed by atoms with van der Waals surface area (Å²) in [5.74, 6) is -1.54. The first-order valence-electron chi connectivity index (χ1n) is 7.17. The minimum absolute atomic E-state index is 0.0481. The van der Waals surface area contributed by atoms with Gasteiger partial charge in [-0.05, 0) is 42.3 Å². The first kappa shape index (κ1) is 17.7. The van der Waals surface area contributed by atoms with Crippen molar-refractivity contribution in [1.82, 2.24) is 5.32 Å². The maximum Gasteiger partial charge on any atom is 0.313 e. The minimum Gasteiger partial charge on any atom is -0.497 e. The summed E-state index contributed by atoms with van der Waals surface area (Å²) in [6, 6.07) is 10.9. The fourth-order valence-corrected chi connectivity index (χ4v) is 2.13. The zero-order chi connectivity index (χ0) is 17.5. The lowest BCUT2D eigenvalue weighted by Crippen LogP contribution is -2.36. The van der Waals surface area contributed by atoms with Crippen molar-refractivity contribution in [2.75, 3.05) is 19.0 Å².